The maximum absolute atomic E-state index is 14.7. The fourth-order valence-corrected chi connectivity index (χ4v) is 8.67. The van der Waals surface area contributed by atoms with Crippen LogP contribution in [-0.4, -0.2) is 136 Å². The molecule has 0 aromatic heterocycles. The molecule has 0 aliphatic carbocycles. The lowest BCUT2D eigenvalue weighted by Gasteiger charge is -2.48. The van der Waals surface area contributed by atoms with E-state index in [-0.39, 0.29) is 44.2 Å². The average molecular weight is 864 g/mol. The Balaban J connectivity index is 1.73. The zero-order chi connectivity index (χ0) is 45.1. The van der Waals surface area contributed by atoms with E-state index in [0.29, 0.717) is 31.5 Å². The van der Waals surface area contributed by atoms with Gasteiger partial charge in [-0.05, 0) is 97.8 Å². The highest BCUT2D eigenvalue weighted by atomic mass is 19.4. The maximum Gasteiger partial charge on any atom is 0.401 e. The molecule has 10 atom stereocenters. The van der Waals surface area contributed by atoms with E-state index in [1.165, 1.54) is 13.8 Å². The van der Waals surface area contributed by atoms with Crippen molar-refractivity contribution in [2.75, 3.05) is 54.0 Å². The summed E-state index contributed by atoms with van der Waals surface area (Å²) >= 11 is 0. The lowest BCUT2D eigenvalue weighted by molar-refractivity contribution is -0.295. The van der Waals surface area contributed by atoms with Gasteiger partial charge in [0.05, 0.1) is 54.7 Å². The highest BCUT2D eigenvalue weighted by Crippen LogP contribution is 2.39. The first-order valence-corrected chi connectivity index (χ1v) is 21.4. The van der Waals surface area contributed by atoms with Gasteiger partial charge in [-0.2, -0.15) is 13.2 Å². The van der Waals surface area contributed by atoms with Crippen LogP contribution in [0.5, 0.6) is 0 Å². The number of alkyl halides is 3. The maximum atomic E-state index is 14.7. The number of benzene rings is 2. The number of rotatable bonds is 15. The second-order valence-corrected chi connectivity index (χ2v) is 17.6. The smallest absolute Gasteiger partial charge is 0.401 e. The number of hydrogen-bond donors (Lipinski definition) is 1. The van der Waals surface area contributed by atoms with Gasteiger partial charge in [-0.15, -0.1) is 0 Å². The highest BCUT2D eigenvalue weighted by molar-refractivity contribution is 6.04. The van der Waals surface area contributed by atoms with E-state index < -0.39 is 78.0 Å². The van der Waals surface area contributed by atoms with Gasteiger partial charge in [0, 0.05) is 19.6 Å². The van der Waals surface area contributed by atoms with Crippen molar-refractivity contribution < 1.29 is 56.0 Å². The van der Waals surface area contributed by atoms with Gasteiger partial charge >= 0.3 is 18.1 Å². The Kier molecular flexibility index (Phi) is 18.3. The Hall–Kier alpha value is -3.44. The number of methoxy groups -OCH3 is 1. The first kappa shape index (κ1) is 50.2. The standard InChI is InChI=1S/C46H68F3N3O9/c1-11-52-26-30(2)25-45(7,56-10)40(61-42-38(35(51(8)9)24-31(3)59-42)60-41(54)34-20-16-13-17-21-34)32(4)39(53)44(5,6)43(55)58-28-36(52)37(22-23-50-29-46(47,48)49)57-27-33-18-14-12-15-19-33/h12-21,30-32,35-38,40,42,50H,11,22-29H2,1-10H3/t30-,31?,32+,35?,36+,37-,38?,40-,42?,45-/m1/s1. The van der Waals surface area contributed by atoms with Crippen molar-refractivity contribution in [2.45, 2.75) is 129 Å². The normalized spacial score (nSPS) is 30.1. The third-order valence-electron chi connectivity index (χ3n) is 12.1. The summed E-state index contributed by atoms with van der Waals surface area (Å²) in [5.74, 6) is -2.86. The first-order chi connectivity index (χ1) is 28.7. The Labute approximate surface area is 360 Å². The molecule has 4 rings (SSSR count). The molecular formula is C46H68F3N3O9. The number of carbonyl (C=O) groups excluding carboxylic acids is 3. The van der Waals surface area contributed by atoms with Gasteiger partial charge in [0.2, 0.25) is 0 Å². The summed E-state index contributed by atoms with van der Waals surface area (Å²) in [6.45, 7) is 12.3. The number of hydrogen-bond acceptors (Lipinski definition) is 12. The number of likely N-dealkylation sites (N-methyl/N-ethyl adjacent to an activating group) is 2. The summed E-state index contributed by atoms with van der Waals surface area (Å²) in [6, 6.07) is 17.2. The lowest BCUT2D eigenvalue weighted by atomic mass is 9.74. The topological polar surface area (TPSA) is 125 Å². The van der Waals surface area contributed by atoms with Gasteiger partial charge in [0.1, 0.15) is 12.0 Å². The lowest BCUT2D eigenvalue weighted by Crippen LogP contribution is -2.60. The molecule has 2 fully saturated rings. The SMILES string of the molecule is CCN1C[C@H](C)C[C@@](C)(OC)[C@H](OC2OC(C)CC(N(C)C)C2OC(=O)c2ccccc2)[C@@H](C)C(=O)C(C)(C)C(=O)OC[C@H]1[C@@H](CCNCC(F)(F)F)OCc1ccccc1. The Morgan fingerprint density at radius 2 is 1.66 bits per heavy atom. The van der Waals surface area contributed by atoms with E-state index in [2.05, 4.69) is 10.2 Å². The van der Waals surface area contributed by atoms with Crippen LogP contribution >= 0.6 is 0 Å². The molecule has 0 bridgehead atoms. The van der Waals surface area contributed by atoms with Crippen molar-refractivity contribution in [3.8, 4) is 0 Å². The van der Waals surface area contributed by atoms with Gasteiger partial charge < -0.3 is 38.6 Å². The molecule has 2 aliphatic heterocycles. The molecule has 4 unspecified atom stereocenters. The van der Waals surface area contributed by atoms with E-state index in [1.807, 2.05) is 83.1 Å². The van der Waals surface area contributed by atoms with E-state index >= 15 is 0 Å². The highest BCUT2D eigenvalue weighted by Gasteiger charge is 2.52. The summed E-state index contributed by atoms with van der Waals surface area (Å²) in [5, 5.41) is 2.49. The van der Waals surface area contributed by atoms with Gasteiger partial charge in [0.25, 0.3) is 0 Å². The van der Waals surface area contributed by atoms with Crippen LogP contribution in [0.1, 0.15) is 83.7 Å². The molecule has 2 aromatic rings. The van der Waals surface area contributed by atoms with Crippen molar-refractivity contribution in [1.82, 2.24) is 15.1 Å². The number of ketones is 1. The van der Waals surface area contributed by atoms with Crippen LogP contribution in [0.15, 0.2) is 60.7 Å². The minimum Gasteiger partial charge on any atom is -0.463 e. The van der Waals surface area contributed by atoms with E-state index in [9.17, 15) is 27.6 Å². The number of esters is 2. The summed E-state index contributed by atoms with van der Waals surface area (Å²) in [7, 11) is 5.35. The molecule has 342 valence electrons. The third-order valence-corrected chi connectivity index (χ3v) is 12.1. The Morgan fingerprint density at radius 3 is 2.25 bits per heavy atom. The van der Waals surface area contributed by atoms with Crippen molar-refractivity contribution in [1.29, 1.82) is 0 Å². The molecule has 15 heteroatoms. The van der Waals surface area contributed by atoms with E-state index in [4.69, 9.17) is 28.4 Å². The zero-order valence-electron chi connectivity index (χ0n) is 37.5. The van der Waals surface area contributed by atoms with Crippen molar-refractivity contribution >= 4 is 17.7 Å². The van der Waals surface area contributed by atoms with Crippen molar-refractivity contribution in [3.63, 3.8) is 0 Å². The molecule has 0 radical (unpaired) electrons. The number of cyclic esters (lactones) is 1. The van der Waals surface area contributed by atoms with Crippen LogP contribution in [0, 0.1) is 17.3 Å². The number of Topliss-reactive ketones (excluding diaryl/α,β-unsaturated/α-hetero) is 1. The van der Waals surface area contributed by atoms with Crippen molar-refractivity contribution in [2.24, 2.45) is 17.3 Å². The summed E-state index contributed by atoms with van der Waals surface area (Å²) in [5.41, 5.74) is -1.59. The minimum atomic E-state index is -4.39. The first-order valence-electron chi connectivity index (χ1n) is 21.4. The van der Waals surface area contributed by atoms with E-state index in [0.717, 1.165) is 5.56 Å². The molecule has 1 N–H and O–H groups in total. The molecule has 0 spiro atoms. The molecule has 2 aliphatic rings. The monoisotopic (exact) mass is 863 g/mol. The Morgan fingerprint density at radius 1 is 1.02 bits per heavy atom. The largest absolute Gasteiger partial charge is 0.463 e. The summed E-state index contributed by atoms with van der Waals surface area (Å²) < 4.78 is 77.9. The number of nitrogens with one attached hydrogen (secondary N) is 1. The zero-order valence-corrected chi connectivity index (χ0v) is 37.5. The number of ether oxygens (including phenoxy) is 6. The predicted octanol–water partition coefficient (Wildman–Crippen LogP) is 6.70. The summed E-state index contributed by atoms with van der Waals surface area (Å²) in [4.78, 5) is 46.6. The quantitative estimate of drug-likeness (QED) is 0.116. The molecule has 0 amide bonds. The van der Waals surface area contributed by atoms with E-state index in [1.54, 1.807) is 38.3 Å². The van der Waals surface area contributed by atoms with Gasteiger partial charge in [-0.25, -0.2) is 4.79 Å². The second-order valence-electron chi connectivity index (χ2n) is 17.6. The van der Waals surface area contributed by atoms with Crippen LogP contribution in [0.25, 0.3) is 0 Å². The molecular weight excluding hydrogens is 796 g/mol. The Bertz CT molecular complexity index is 1680. The number of halogens is 3. The number of carbonyl (C=O) groups is 3. The number of nitrogens with zero attached hydrogens (tertiary/aromatic N) is 2. The molecule has 61 heavy (non-hydrogen) atoms. The van der Waals surface area contributed by atoms with Crippen LogP contribution in [0.2, 0.25) is 0 Å². The van der Waals surface area contributed by atoms with Crippen LogP contribution < -0.4 is 5.32 Å². The fourth-order valence-electron chi connectivity index (χ4n) is 8.67. The van der Waals surface area contributed by atoms with Gasteiger partial charge in [-0.3, -0.25) is 14.5 Å². The molecule has 0 saturated carbocycles. The summed E-state index contributed by atoms with van der Waals surface area (Å²) in [6.07, 6.45) is -7.30. The third kappa shape index (κ3) is 13.8. The van der Waals surface area contributed by atoms with Crippen LogP contribution in [0.4, 0.5) is 13.2 Å². The average Bonchev–Trinajstić information content (AvgIpc) is 3.22. The minimum absolute atomic E-state index is 0.00301. The van der Waals surface area contributed by atoms with Gasteiger partial charge in [-0.1, -0.05) is 69.3 Å². The molecule has 12 nitrogen and oxygen atoms in total. The second kappa shape index (κ2) is 22.3. The van der Waals surface area contributed by atoms with Crippen LogP contribution in [0.3, 0.4) is 0 Å². The van der Waals surface area contributed by atoms with Gasteiger partial charge in [0.15, 0.2) is 18.2 Å². The predicted molar refractivity (Wildman–Crippen MR) is 225 cm³/mol. The fraction of sp³-hybridized carbons (Fsp3) is 0.674. The van der Waals surface area contributed by atoms with Crippen LogP contribution in [-0.2, 0) is 44.6 Å². The van der Waals surface area contributed by atoms with Crippen molar-refractivity contribution in [3.05, 3.63) is 71.8 Å². The molecule has 2 heterocycles. The molecule has 2 saturated heterocycles. The molecule has 2 aromatic carbocycles.